The van der Waals surface area contributed by atoms with Gasteiger partial charge in [0.2, 0.25) is 0 Å². The van der Waals surface area contributed by atoms with Gasteiger partial charge in [0, 0.05) is 19.7 Å². The molecule has 2 fully saturated rings. The SMILES string of the molecule is c1ccc(-n2cc(CN3CCC[C@]4(CCCO4)CC3)nn2)cc1. The molecule has 3 heterocycles. The van der Waals surface area contributed by atoms with E-state index in [0.29, 0.717) is 0 Å². The van der Waals surface area contributed by atoms with E-state index in [2.05, 4.69) is 15.2 Å². The molecule has 2 aliphatic rings. The highest BCUT2D eigenvalue weighted by atomic mass is 16.5. The maximum Gasteiger partial charge on any atom is 0.0971 e. The minimum Gasteiger partial charge on any atom is -0.375 e. The van der Waals surface area contributed by atoms with E-state index in [0.717, 1.165) is 44.0 Å². The van der Waals surface area contributed by atoms with Crippen molar-refractivity contribution in [3.8, 4) is 5.69 Å². The molecule has 0 N–H and O–H groups in total. The van der Waals surface area contributed by atoms with Gasteiger partial charge in [-0.25, -0.2) is 4.68 Å². The van der Waals surface area contributed by atoms with Gasteiger partial charge in [0.1, 0.15) is 0 Å². The zero-order chi connectivity index (χ0) is 15.5. The van der Waals surface area contributed by atoms with Crippen LogP contribution in [0.3, 0.4) is 0 Å². The van der Waals surface area contributed by atoms with E-state index in [9.17, 15) is 0 Å². The lowest BCUT2D eigenvalue weighted by atomic mass is 9.92. The average molecular weight is 312 g/mol. The van der Waals surface area contributed by atoms with Gasteiger partial charge >= 0.3 is 0 Å². The van der Waals surface area contributed by atoms with Crippen molar-refractivity contribution in [3.63, 3.8) is 0 Å². The summed E-state index contributed by atoms with van der Waals surface area (Å²) in [5.74, 6) is 0. The van der Waals surface area contributed by atoms with E-state index in [4.69, 9.17) is 4.74 Å². The summed E-state index contributed by atoms with van der Waals surface area (Å²) in [5.41, 5.74) is 2.27. The van der Waals surface area contributed by atoms with Gasteiger partial charge in [-0.1, -0.05) is 23.4 Å². The Morgan fingerprint density at radius 3 is 2.74 bits per heavy atom. The maximum absolute atomic E-state index is 6.06. The first-order chi connectivity index (χ1) is 11.3. The monoisotopic (exact) mass is 312 g/mol. The second kappa shape index (κ2) is 6.42. The second-order valence-electron chi connectivity index (χ2n) is 6.75. The predicted molar refractivity (Wildman–Crippen MR) is 88.4 cm³/mol. The Hall–Kier alpha value is -1.72. The lowest BCUT2D eigenvalue weighted by molar-refractivity contribution is -0.00739. The van der Waals surface area contributed by atoms with Gasteiger partial charge in [0.05, 0.1) is 23.2 Å². The molecule has 23 heavy (non-hydrogen) atoms. The highest BCUT2D eigenvalue weighted by Crippen LogP contribution is 2.35. The molecule has 1 aromatic heterocycles. The van der Waals surface area contributed by atoms with Crippen LogP contribution in [-0.4, -0.2) is 45.2 Å². The second-order valence-corrected chi connectivity index (χ2v) is 6.75. The smallest absolute Gasteiger partial charge is 0.0971 e. The first-order valence-corrected chi connectivity index (χ1v) is 8.66. The van der Waals surface area contributed by atoms with Crippen LogP contribution in [0.4, 0.5) is 0 Å². The Kier molecular flexibility index (Phi) is 4.14. The number of aromatic nitrogens is 3. The number of hydrogen-bond acceptors (Lipinski definition) is 4. The first kappa shape index (κ1) is 14.8. The zero-order valence-corrected chi connectivity index (χ0v) is 13.5. The van der Waals surface area contributed by atoms with Crippen molar-refractivity contribution >= 4 is 0 Å². The Morgan fingerprint density at radius 2 is 1.91 bits per heavy atom. The van der Waals surface area contributed by atoms with Gasteiger partial charge in [-0.3, -0.25) is 4.90 Å². The molecule has 1 atom stereocenters. The maximum atomic E-state index is 6.06. The Balaban J connectivity index is 1.40. The van der Waals surface area contributed by atoms with Crippen molar-refractivity contribution in [2.45, 2.75) is 44.2 Å². The van der Waals surface area contributed by atoms with Crippen molar-refractivity contribution in [1.82, 2.24) is 19.9 Å². The molecule has 2 aliphatic heterocycles. The van der Waals surface area contributed by atoms with Crippen LogP contribution in [-0.2, 0) is 11.3 Å². The van der Waals surface area contributed by atoms with E-state index < -0.39 is 0 Å². The van der Waals surface area contributed by atoms with E-state index in [1.165, 1.54) is 25.7 Å². The number of hydrogen-bond donors (Lipinski definition) is 0. The molecule has 2 aromatic rings. The molecule has 5 heteroatoms. The zero-order valence-electron chi connectivity index (χ0n) is 13.5. The molecule has 4 rings (SSSR count). The fourth-order valence-electron chi connectivity index (χ4n) is 3.84. The number of para-hydroxylation sites is 1. The molecular formula is C18H24N4O. The summed E-state index contributed by atoms with van der Waals surface area (Å²) in [6.45, 7) is 4.05. The van der Waals surface area contributed by atoms with Crippen LogP contribution in [0.25, 0.3) is 5.69 Å². The summed E-state index contributed by atoms with van der Waals surface area (Å²) < 4.78 is 7.92. The van der Waals surface area contributed by atoms with Crippen LogP contribution >= 0.6 is 0 Å². The summed E-state index contributed by atoms with van der Waals surface area (Å²) in [4.78, 5) is 2.50. The third kappa shape index (κ3) is 3.31. The van der Waals surface area contributed by atoms with Crippen LogP contribution in [0.15, 0.2) is 36.5 Å². The topological polar surface area (TPSA) is 43.2 Å². The number of rotatable bonds is 3. The van der Waals surface area contributed by atoms with E-state index in [1.807, 2.05) is 41.2 Å². The molecule has 0 radical (unpaired) electrons. The van der Waals surface area contributed by atoms with Gasteiger partial charge in [0.15, 0.2) is 0 Å². The van der Waals surface area contributed by atoms with Gasteiger partial charge < -0.3 is 4.74 Å². The highest BCUT2D eigenvalue weighted by molar-refractivity contribution is 5.29. The molecule has 122 valence electrons. The fourth-order valence-corrected chi connectivity index (χ4v) is 3.84. The molecule has 0 aliphatic carbocycles. The normalized spacial score (nSPS) is 25.7. The quantitative estimate of drug-likeness (QED) is 0.874. The molecule has 0 bridgehead atoms. The van der Waals surface area contributed by atoms with Gasteiger partial charge in [-0.15, -0.1) is 5.10 Å². The Bertz CT molecular complexity index is 633. The number of ether oxygens (including phenoxy) is 1. The third-order valence-electron chi connectivity index (χ3n) is 5.12. The minimum atomic E-state index is 0.177. The first-order valence-electron chi connectivity index (χ1n) is 8.66. The third-order valence-corrected chi connectivity index (χ3v) is 5.12. The van der Waals surface area contributed by atoms with Crippen molar-refractivity contribution in [3.05, 3.63) is 42.2 Å². The van der Waals surface area contributed by atoms with Crippen molar-refractivity contribution < 1.29 is 4.74 Å². The van der Waals surface area contributed by atoms with Gasteiger partial charge in [0.25, 0.3) is 0 Å². The summed E-state index contributed by atoms with van der Waals surface area (Å²) in [7, 11) is 0. The molecule has 1 aromatic carbocycles. The minimum absolute atomic E-state index is 0.177. The molecule has 5 nitrogen and oxygen atoms in total. The number of nitrogens with zero attached hydrogens (tertiary/aromatic N) is 4. The van der Waals surface area contributed by atoms with Crippen molar-refractivity contribution in [1.29, 1.82) is 0 Å². The largest absolute Gasteiger partial charge is 0.375 e. The molecule has 0 unspecified atom stereocenters. The van der Waals surface area contributed by atoms with Crippen LogP contribution in [0.2, 0.25) is 0 Å². The summed E-state index contributed by atoms with van der Waals surface area (Å²) in [5, 5.41) is 8.61. The Labute approximate surface area is 137 Å². The summed E-state index contributed by atoms with van der Waals surface area (Å²) in [6.07, 6.45) is 8.09. The lowest BCUT2D eigenvalue weighted by Crippen LogP contribution is -2.30. The van der Waals surface area contributed by atoms with Gasteiger partial charge in [-0.05, 0) is 50.8 Å². The Morgan fingerprint density at radius 1 is 1.04 bits per heavy atom. The average Bonchev–Trinajstić information content (AvgIpc) is 3.18. The molecule has 2 saturated heterocycles. The summed E-state index contributed by atoms with van der Waals surface area (Å²) >= 11 is 0. The van der Waals surface area contributed by atoms with Crippen LogP contribution in [0, 0.1) is 0 Å². The predicted octanol–water partition coefficient (Wildman–Crippen LogP) is 2.80. The van der Waals surface area contributed by atoms with Crippen molar-refractivity contribution in [2.24, 2.45) is 0 Å². The van der Waals surface area contributed by atoms with Gasteiger partial charge in [-0.2, -0.15) is 0 Å². The van der Waals surface area contributed by atoms with Crippen LogP contribution < -0.4 is 0 Å². The van der Waals surface area contributed by atoms with E-state index >= 15 is 0 Å². The molecule has 0 saturated carbocycles. The molecule has 1 spiro atoms. The standard InChI is InChI=1S/C18H24N4O/c1-2-6-17(7-3-1)22-15-16(19-20-22)14-21-11-4-8-18(10-12-21)9-5-13-23-18/h1-3,6-7,15H,4-5,8-14H2/t18-/m0/s1. The summed E-state index contributed by atoms with van der Waals surface area (Å²) in [6, 6.07) is 10.1. The molecular weight excluding hydrogens is 288 g/mol. The van der Waals surface area contributed by atoms with Crippen LogP contribution in [0.5, 0.6) is 0 Å². The van der Waals surface area contributed by atoms with Crippen LogP contribution in [0.1, 0.15) is 37.8 Å². The van der Waals surface area contributed by atoms with Crippen molar-refractivity contribution in [2.75, 3.05) is 19.7 Å². The number of likely N-dealkylation sites (tertiary alicyclic amines) is 1. The lowest BCUT2D eigenvalue weighted by Gasteiger charge is -2.26. The van der Waals surface area contributed by atoms with E-state index in [1.54, 1.807) is 0 Å². The number of benzene rings is 1. The van der Waals surface area contributed by atoms with E-state index in [-0.39, 0.29) is 5.60 Å². The fraction of sp³-hybridized carbons (Fsp3) is 0.556. The molecule has 0 amide bonds. The highest BCUT2D eigenvalue weighted by Gasteiger charge is 2.36.